The number of unbranched alkanes of at least 4 members (excludes halogenated alkanes) is 2. The van der Waals surface area contributed by atoms with Gasteiger partial charge in [-0.05, 0) is 36.9 Å². The van der Waals surface area contributed by atoms with Crippen molar-refractivity contribution in [1.29, 1.82) is 0 Å². The van der Waals surface area contributed by atoms with E-state index in [1.807, 2.05) is 13.1 Å². The summed E-state index contributed by atoms with van der Waals surface area (Å²) in [4.78, 5) is 3.27. The quantitative estimate of drug-likeness (QED) is 0.668. The van der Waals surface area contributed by atoms with Crippen LogP contribution < -0.4 is 5.32 Å². The van der Waals surface area contributed by atoms with Gasteiger partial charge in [-0.2, -0.15) is 0 Å². The number of para-hydroxylation sites is 1. The van der Waals surface area contributed by atoms with Crippen LogP contribution in [0.1, 0.15) is 44.7 Å². The van der Waals surface area contributed by atoms with Gasteiger partial charge in [0, 0.05) is 6.20 Å². The molecule has 0 radical (unpaired) electrons. The summed E-state index contributed by atoms with van der Waals surface area (Å²) in [6.45, 7) is 4.99. The van der Waals surface area contributed by atoms with Crippen molar-refractivity contribution >= 4 is 10.9 Å². The molecule has 0 aliphatic rings. The maximum atomic E-state index is 10.0. The number of aromatic nitrogens is 1. The van der Waals surface area contributed by atoms with Crippen LogP contribution in [0.4, 0.5) is 0 Å². The molecule has 3 N–H and O–H groups in total. The fraction of sp³-hybridized carbons (Fsp3) is 0.500. The molecule has 104 valence electrons. The van der Waals surface area contributed by atoms with E-state index in [2.05, 4.69) is 41.5 Å². The molecule has 0 fully saturated rings. The first kappa shape index (κ1) is 14.1. The van der Waals surface area contributed by atoms with Gasteiger partial charge in [0.05, 0.1) is 17.7 Å². The van der Waals surface area contributed by atoms with Gasteiger partial charge in [0.2, 0.25) is 0 Å². The number of hydrogen-bond donors (Lipinski definition) is 3. The number of aliphatic hydroxyl groups excluding tert-OH is 1. The fourth-order valence-corrected chi connectivity index (χ4v) is 2.54. The van der Waals surface area contributed by atoms with Gasteiger partial charge in [0.1, 0.15) is 0 Å². The van der Waals surface area contributed by atoms with Crippen molar-refractivity contribution in [2.24, 2.45) is 0 Å². The Morgan fingerprint density at radius 2 is 2.11 bits per heavy atom. The van der Waals surface area contributed by atoms with Gasteiger partial charge in [-0.25, -0.2) is 0 Å². The number of hydrogen-bond acceptors (Lipinski definition) is 2. The zero-order valence-corrected chi connectivity index (χ0v) is 11.8. The maximum absolute atomic E-state index is 10.0. The van der Waals surface area contributed by atoms with Crippen LogP contribution in [0.15, 0.2) is 30.5 Å². The lowest BCUT2D eigenvalue weighted by molar-refractivity contribution is 0.146. The molecule has 3 nitrogen and oxygen atoms in total. The van der Waals surface area contributed by atoms with Crippen molar-refractivity contribution in [2.75, 3.05) is 6.54 Å². The molecular weight excluding hydrogens is 236 g/mol. The highest BCUT2D eigenvalue weighted by Gasteiger charge is 2.19. The van der Waals surface area contributed by atoms with E-state index in [1.165, 1.54) is 18.2 Å². The van der Waals surface area contributed by atoms with E-state index in [1.54, 1.807) is 0 Å². The van der Waals surface area contributed by atoms with E-state index >= 15 is 0 Å². The number of H-pyrrole nitrogens is 1. The van der Waals surface area contributed by atoms with Gasteiger partial charge < -0.3 is 15.4 Å². The molecule has 3 heteroatoms. The highest BCUT2D eigenvalue weighted by Crippen LogP contribution is 2.25. The maximum Gasteiger partial charge on any atom is 0.0707 e. The second kappa shape index (κ2) is 6.73. The molecule has 1 aromatic carbocycles. The molecule has 2 unspecified atom stereocenters. The van der Waals surface area contributed by atoms with E-state index in [0.717, 1.165) is 24.0 Å². The summed E-state index contributed by atoms with van der Waals surface area (Å²) in [7, 11) is 0. The molecule has 0 saturated heterocycles. The zero-order valence-electron chi connectivity index (χ0n) is 11.8. The summed E-state index contributed by atoms with van der Waals surface area (Å²) in [5.41, 5.74) is 2.27. The standard InChI is InChI=1S/C16H24N2O/c1-3-4-5-10-17-15(12(2)19)14-8-6-7-13-9-11-18-16(13)14/h6-9,11-12,15,17-19H,3-5,10H2,1-2H3. The highest BCUT2D eigenvalue weighted by atomic mass is 16.3. The number of benzene rings is 1. The van der Waals surface area contributed by atoms with Crippen LogP contribution in [-0.4, -0.2) is 22.7 Å². The topological polar surface area (TPSA) is 48.0 Å². The minimum absolute atomic E-state index is 0.0146. The monoisotopic (exact) mass is 260 g/mol. The third kappa shape index (κ3) is 3.37. The number of rotatable bonds is 7. The summed E-state index contributed by atoms with van der Waals surface area (Å²) in [5, 5.41) is 14.7. The molecule has 19 heavy (non-hydrogen) atoms. The molecule has 0 amide bonds. The fourth-order valence-electron chi connectivity index (χ4n) is 2.54. The van der Waals surface area contributed by atoms with E-state index in [9.17, 15) is 5.11 Å². The first-order chi connectivity index (χ1) is 9.24. The molecule has 0 saturated carbocycles. The van der Waals surface area contributed by atoms with Crippen molar-refractivity contribution < 1.29 is 5.11 Å². The van der Waals surface area contributed by atoms with Crippen LogP contribution in [0.25, 0.3) is 10.9 Å². The van der Waals surface area contributed by atoms with Crippen molar-refractivity contribution in [1.82, 2.24) is 10.3 Å². The third-order valence-electron chi connectivity index (χ3n) is 3.58. The molecule has 0 aliphatic heterocycles. The largest absolute Gasteiger partial charge is 0.391 e. The Balaban J connectivity index is 2.16. The van der Waals surface area contributed by atoms with E-state index in [4.69, 9.17) is 0 Å². The predicted molar refractivity (Wildman–Crippen MR) is 80.2 cm³/mol. The van der Waals surface area contributed by atoms with Gasteiger partial charge in [-0.15, -0.1) is 0 Å². The van der Waals surface area contributed by atoms with Gasteiger partial charge in [0.25, 0.3) is 0 Å². The predicted octanol–water partition coefficient (Wildman–Crippen LogP) is 3.37. The molecular formula is C16H24N2O. The first-order valence-corrected chi connectivity index (χ1v) is 7.21. The van der Waals surface area contributed by atoms with Crippen LogP contribution >= 0.6 is 0 Å². The van der Waals surface area contributed by atoms with Gasteiger partial charge in [-0.3, -0.25) is 0 Å². The molecule has 2 rings (SSSR count). The van der Waals surface area contributed by atoms with Crippen molar-refractivity contribution in [3.8, 4) is 0 Å². The van der Waals surface area contributed by atoms with Gasteiger partial charge in [-0.1, -0.05) is 38.0 Å². The van der Waals surface area contributed by atoms with E-state index in [0.29, 0.717) is 0 Å². The Bertz CT molecular complexity index is 504. The highest BCUT2D eigenvalue weighted by molar-refractivity contribution is 5.83. The average molecular weight is 260 g/mol. The Morgan fingerprint density at radius 3 is 2.84 bits per heavy atom. The van der Waals surface area contributed by atoms with E-state index in [-0.39, 0.29) is 6.04 Å². The Labute approximate surface area is 115 Å². The second-order valence-corrected chi connectivity index (χ2v) is 5.17. The normalized spacial score (nSPS) is 14.7. The molecule has 1 aromatic heterocycles. The minimum atomic E-state index is -0.407. The average Bonchev–Trinajstić information content (AvgIpc) is 2.87. The lowest BCUT2D eigenvalue weighted by Crippen LogP contribution is -2.31. The van der Waals surface area contributed by atoms with Crippen LogP contribution in [0, 0.1) is 0 Å². The zero-order chi connectivity index (χ0) is 13.7. The number of aliphatic hydroxyl groups is 1. The van der Waals surface area contributed by atoms with Gasteiger partial charge >= 0.3 is 0 Å². The summed E-state index contributed by atoms with van der Waals surface area (Å²) < 4.78 is 0. The van der Waals surface area contributed by atoms with Crippen molar-refractivity contribution in [3.05, 3.63) is 36.0 Å². The van der Waals surface area contributed by atoms with Gasteiger partial charge in [0.15, 0.2) is 0 Å². The molecule has 2 atom stereocenters. The van der Waals surface area contributed by atoms with Crippen LogP contribution in [0.5, 0.6) is 0 Å². The Kier molecular flexibility index (Phi) is 5.00. The molecule has 2 aromatic rings. The number of aromatic amines is 1. The van der Waals surface area contributed by atoms with Crippen molar-refractivity contribution in [2.45, 2.75) is 45.3 Å². The minimum Gasteiger partial charge on any atom is -0.391 e. The molecule has 1 heterocycles. The van der Waals surface area contributed by atoms with Crippen molar-refractivity contribution in [3.63, 3.8) is 0 Å². The molecule has 0 spiro atoms. The van der Waals surface area contributed by atoms with E-state index < -0.39 is 6.10 Å². The summed E-state index contributed by atoms with van der Waals surface area (Å²) in [6, 6.07) is 8.28. The second-order valence-electron chi connectivity index (χ2n) is 5.17. The summed E-state index contributed by atoms with van der Waals surface area (Å²) in [6.07, 6.45) is 5.14. The third-order valence-corrected chi connectivity index (χ3v) is 3.58. The lowest BCUT2D eigenvalue weighted by Gasteiger charge is -2.22. The SMILES string of the molecule is CCCCCNC(c1cccc2cc[nH]c12)C(C)O. The Morgan fingerprint density at radius 1 is 1.26 bits per heavy atom. The molecule has 0 bridgehead atoms. The summed E-state index contributed by atoms with van der Waals surface area (Å²) >= 11 is 0. The molecule has 0 aliphatic carbocycles. The Hall–Kier alpha value is -1.32. The smallest absolute Gasteiger partial charge is 0.0707 e. The first-order valence-electron chi connectivity index (χ1n) is 7.21. The van der Waals surface area contributed by atoms with Crippen LogP contribution in [0.2, 0.25) is 0 Å². The van der Waals surface area contributed by atoms with Crippen LogP contribution in [-0.2, 0) is 0 Å². The summed E-state index contributed by atoms with van der Waals surface area (Å²) in [5.74, 6) is 0. The lowest BCUT2D eigenvalue weighted by atomic mass is 9.99. The number of nitrogens with one attached hydrogen (secondary N) is 2. The number of fused-ring (bicyclic) bond motifs is 1. The van der Waals surface area contributed by atoms with Crippen LogP contribution in [0.3, 0.4) is 0 Å².